The van der Waals surface area contributed by atoms with Crippen molar-refractivity contribution in [2.24, 2.45) is 0 Å². The predicted molar refractivity (Wildman–Crippen MR) is 147 cm³/mol. The standard InChI is InChI=1S/C29H53NO3S/c1-5-8-9-10-11-12-13-14-15-16-17-18-19-20-21-22-25-32-29-24-23-28(26-27(29)4)34(31)33-30(6-2)7-3/h23-24,26H,5-22,25H2,1-4H3. The molecule has 5 heteroatoms. The Labute approximate surface area is 213 Å². The third kappa shape index (κ3) is 15.2. The molecule has 0 N–H and O–H groups in total. The van der Waals surface area contributed by atoms with E-state index in [1.807, 2.05) is 39.0 Å². The van der Waals surface area contributed by atoms with E-state index in [4.69, 9.17) is 9.02 Å². The van der Waals surface area contributed by atoms with Crippen LogP contribution in [0.3, 0.4) is 0 Å². The fraction of sp³-hybridized carbons (Fsp3) is 0.793. The van der Waals surface area contributed by atoms with Crippen molar-refractivity contribution < 1.29 is 13.2 Å². The number of benzene rings is 1. The SMILES string of the molecule is CCCCCCCCCCCCCCCCCCOc1ccc(S(=O)ON(CC)CC)cc1C. The van der Waals surface area contributed by atoms with Crippen molar-refractivity contribution in [3.05, 3.63) is 23.8 Å². The predicted octanol–water partition coefficient (Wildman–Crippen LogP) is 8.93. The van der Waals surface area contributed by atoms with Gasteiger partial charge < -0.3 is 4.74 Å². The van der Waals surface area contributed by atoms with E-state index in [1.165, 1.54) is 96.3 Å². The fourth-order valence-electron chi connectivity index (χ4n) is 4.19. The van der Waals surface area contributed by atoms with Crippen LogP contribution < -0.4 is 4.74 Å². The lowest BCUT2D eigenvalue weighted by Gasteiger charge is -2.16. The Hall–Kier alpha value is -0.910. The highest BCUT2D eigenvalue weighted by molar-refractivity contribution is 7.80. The van der Waals surface area contributed by atoms with E-state index >= 15 is 0 Å². The van der Waals surface area contributed by atoms with Crippen molar-refractivity contribution in [1.82, 2.24) is 5.06 Å². The lowest BCUT2D eigenvalue weighted by atomic mass is 10.0. The molecule has 0 radical (unpaired) electrons. The van der Waals surface area contributed by atoms with Gasteiger partial charge in [-0.15, -0.1) is 0 Å². The quantitative estimate of drug-likeness (QED) is 0.112. The van der Waals surface area contributed by atoms with Crippen LogP contribution in [-0.2, 0) is 15.4 Å². The second kappa shape index (κ2) is 21.4. The Bertz CT molecular complexity index is 634. The van der Waals surface area contributed by atoms with E-state index in [-0.39, 0.29) is 0 Å². The van der Waals surface area contributed by atoms with Crippen molar-refractivity contribution in [2.75, 3.05) is 19.7 Å². The molecule has 1 atom stereocenters. The normalized spacial score (nSPS) is 12.4. The maximum Gasteiger partial charge on any atom is 0.206 e. The summed E-state index contributed by atoms with van der Waals surface area (Å²) < 4.78 is 23.8. The van der Waals surface area contributed by atoms with Gasteiger partial charge in [-0.3, -0.25) is 0 Å². The van der Waals surface area contributed by atoms with Crippen LogP contribution >= 0.6 is 0 Å². The first-order valence-corrected chi connectivity index (χ1v) is 15.3. The van der Waals surface area contributed by atoms with Crippen LogP contribution in [0, 0.1) is 6.92 Å². The van der Waals surface area contributed by atoms with Crippen molar-refractivity contribution in [1.29, 1.82) is 0 Å². The number of nitrogens with zero attached hydrogens (tertiary/aromatic N) is 1. The third-order valence-corrected chi connectivity index (χ3v) is 7.46. The van der Waals surface area contributed by atoms with Gasteiger partial charge in [-0.1, -0.05) is 117 Å². The minimum atomic E-state index is -1.48. The molecule has 0 saturated heterocycles. The van der Waals surface area contributed by atoms with E-state index in [0.717, 1.165) is 24.3 Å². The van der Waals surface area contributed by atoms with Crippen LogP contribution in [0.25, 0.3) is 0 Å². The van der Waals surface area contributed by atoms with Crippen molar-refractivity contribution in [3.63, 3.8) is 0 Å². The Morgan fingerprint density at radius 1 is 0.706 bits per heavy atom. The van der Waals surface area contributed by atoms with Gasteiger partial charge in [-0.2, -0.15) is 9.35 Å². The molecule has 34 heavy (non-hydrogen) atoms. The maximum atomic E-state index is 12.4. The largest absolute Gasteiger partial charge is 0.493 e. The first-order chi connectivity index (χ1) is 16.6. The molecule has 1 rings (SSSR count). The summed E-state index contributed by atoms with van der Waals surface area (Å²) in [7, 11) is 0. The summed E-state index contributed by atoms with van der Waals surface area (Å²) in [5.41, 5.74) is 1.01. The van der Waals surface area contributed by atoms with Crippen LogP contribution in [0.2, 0.25) is 0 Å². The van der Waals surface area contributed by atoms with Gasteiger partial charge in [0.25, 0.3) is 0 Å². The topological polar surface area (TPSA) is 38.8 Å². The average Bonchev–Trinajstić information content (AvgIpc) is 2.85. The van der Waals surface area contributed by atoms with Crippen molar-refractivity contribution in [3.8, 4) is 5.75 Å². The Kier molecular flexibility index (Phi) is 19.6. The van der Waals surface area contributed by atoms with Crippen molar-refractivity contribution in [2.45, 2.75) is 135 Å². The maximum absolute atomic E-state index is 12.4. The fourth-order valence-corrected chi connectivity index (χ4v) is 5.13. The number of hydrogen-bond donors (Lipinski definition) is 0. The second-order valence-corrected chi connectivity index (χ2v) is 10.6. The van der Waals surface area contributed by atoms with Gasteiger partial charge in [0, 0.05) is 13.1 Å². The molecule has 0 spiro atoms. The molecular weight excluding hydrogens is 442 g/mol. The summed E-state index contributed by atoms with van der Waals surface area (Å²) in [6, 6.07) is 5.67. The van der Waals surface area contributed by atoms with E-state index in [2.05, 4.69) is 6.92 Å². The molecule has 1 unspecified atom stereocenters. The van der Waals surface area contributed by atoms with E-state index in [1.54, 1.807) is 5.06 Å². The van der Waals surface area contributed by atoms with E-state index < -0.39 is 11.1 Å². The summed E-state index contributed by atoms with van der Waals surface area (Å²) in [6.07, 6.45) is 22.0. The van der Waals surface area contributed by atoms with Gasteiger partial charge in [0.2, 0.25) is 11.1 Å². The summed E-state index contributed by atoms with van der Waals surface area (Å²) in [6.45, 7) is 10.4. The van der Waals surface area contributed by atoms with Crippen LogP contribution in [0.4, 0.5) is 0 Å². The number of aryl methyl sites for hydroxylation is 1. The molecule has 0 bridgehead atoms. The molecule has 1 aromatic carbocycles. The van der Waals surface area contributed by atoms with Crippen LogP contribution in [0.1, 0.15) is 129 Å². The van der Waals surface area contributed by atoms with Crippen LogP contribution in [-0.4, -0.2) is 29.0 Å². The van der Waals surface area contributed by atoms with Gasteiger partial charge in [0.1, 0.15) is 5.75 Å². The van der Waals surface area contributed by atoms with Gasteiger partial charge in [-0.25, -0.2) is 4.21 Å². The smallest absolute Gasteiger partial charge is 0.206 e. The molecule has 0 fully saturated rings. The summed E-state index contributed by atoms with van der Waals surface area (Å²) in [5, 5.41) is 1.70. The number of rotatable bonds is 23. The first kappa shape index (κ1) is 31.1. The Morgan fingerprint density at radius 2 is 1.18 bits per heavy atom. The highest BCUT2D eigenvalue weighted by atomic mass is 32.2. The molecule has 0 saturated carbocycles. The number of hydrogen-bond acceptors (Lipinski definition) is 4. The molecule has 1 aromatic rings. The first-order valence-electron chi connectivity index (χ1n) is 14.2. The van der Waals surface area contributed by atoms with Gasteiger partial charge in [-0.05, 0) is 37.1 Å². The van der Waals surface area contributed by atoms with Crippen LogP contribution in [0.5, 0.6) is 5.75 Å². The van der Waals surface area contributed by atoms with Gasteiger partial charge >= 0.3 is 0 Å². The molecular formula is C29H53NO3S. The Balaban J connectivity index is 2.00. The van der Waals surface area contributed by atoms with Crippen molar-refractivity contribution >= 4 is 11.1 Å². The minimum absolute atomic E-state index is 0.680. The van der Waals surface area contributed by atoms with Gasteiger partial charge in [0.05, 0.1) is 11.5 Å². The lowest BCUT2D eigenvalue weighted by molar-refractivity contribution is -0.0343. The van der Waals surface area contributed by atoms with Crippen LogP contribution in [0.15, 0.2) is 23.1 Å². The molecule has 198 valence electrons. The minimum Gasteiger partial charge on any atom is -0.493 e. The highest BCUT2D eigenvalue weighted by Gasteiger charge is 2.11. The van der Waals surface area contributed by atoms with E-state index in [0.29, 0.717) is 18.0 Å². The molecule has 0 amide bonds. The molecule has 0 aliphatic heterocycles. The zero-order valence-electron chi connectivity index (χ0n) is 22.7. The second-order valence-electron chi connectivity index (χ2n) is 9.50. The van der Waals surface area contributed by atoms with Gasteiger partial charge in [0.15, 0.2) is 0 Å². The highest BCUT2D eigenvalue weighted by Crippen LogP contribution is 2.22. The molecule has 0 aliphatic rings. The monoisotopic (exact) mass is 495 g/mol. The average molecular weight is 496 g/mol. The number of unbranched alkanes of at least 4 members (excludes halogenated alkanes) is 15. The zero-order chi connectivity index (χ0) is 24.9. The lowest BCUT2D eigenvalue weighted by Crippen LogP contribution is -2.24. The third-order valence-electron chi connectivity index (χ3n) is 6.47. The summed E-state index contributed by atoms with van der Waals surface area (Å²) in [4.78, 5) is 0.680. The summed E-state index contributed by atoms with van der Waals surface area (Å²) in [5.74, 6) is 0.879. The molecule has 0 aliphatic carbocycles. The van der Waals surface area contributed by atoms with E-state index in [9.17, 15) is 4.21 Å². The Morgan fingerprint density at radius 3 is 1.62 bits per heavy atom. The molecule has 0 aromatic heterocycles. The molecule has 0 heterocycles. The number of ether oxygens (including phenoxy) is 1. The number of hydroxylamine groups is 2. The molecule has 4 nitrogen and oxygen atoms in total. The zero-order valence-corrected chi connectivity index (χ0v) is 23.6. The summed E-state index contributed by atoms with van der Waals surface area (Å²) >= 11 is -1.48.